The lowest BCUT2D eigenvalue weighted by Crippen LogP contribution is -2.43. The van der Waals surface area contributed by atoms with Crippen LogP contribution < -0.4 is 5.32 Å². The van der Waals surface area contributed by atoms with Crippen LogP contribution in [0, 0.1) is 5.92 Å². The van der Waals surface area contributed by atoms with E-state index in [4.69, 9.17) is 0 Å². The van der Waals surface area contributed by atoms with E-state index >= 15 is 0 Å². The van der Waals surface area contributed by atoms with E-state index < -0.39 is 0 Å². The van der Waals surface area contributed by atoms with E-state index in [9.17, 15) is 9.59 Å². The molecule has 1 aliphatic rings. The molecule has 1 fully saturated rings. The van der Waals surface area contributed by atoms with E-state index in [0.29, 0.717) is 38.2 Å². The number of nitrogens with one attached hydrogen (secondary N) is 1. The number of carbonyl (C=O) groups excluding carboxylic acids is 2. The Morgan fingerprint density at radius 1 is 1.33 bits per heavy atom. The van der Waals surface area contributed by atoms with Crippen molar-refractivity contribution in [3.63, 3.8) is 0 Å². The van der Waals surface area contributed by atoms with Crippen molar-refractivity contribution in [2.75, 3.05) is 25.9 Å². The van der Waals surface area contributed by atoms with Crippen molar-refractivity contribution in [1.29, 1.82) is 0 Å². The topological polar surface area (TPSA) is 66.7 Å². The van der Waals surface area contributed by atoms with Crippen LogP contribution in [0.15, 0.2) is 29.6 Å². The third-order valence-corrected chi connectivity index (χ3v) is 5.06. The Morgan fingerprint density at radius 3 is 2.75 bits per heavy atom. The van der Waals surface area contributed by atoms with Crippen molar-refractivity contribution in [1.82, 2.24) is 19.6 Å². The van der Waals surface area contributed by atoms with Crippen molar-refractivity contribution in [3.05, 3.63) is 30.1 Å². The molecule has 0 atom stereocenters. The molecule has 0 spiro atoms. The molecule has 1 N–H and O–H groups in total. The minimum absolute atomic E-state index is 0.00880. The highest BCUT2D eigenvalue weighted by atomic mass is 32.2. The zero-order valence-electron chi connectivity index (χ0n) is 14.0. The zero-order valence-corrected chi connectivity index (χ0v) is 14.8. The lowest BCUT2D eigenvalue weighted by Gasteiger charge is -2.30. The number of likely N-dealkylation sites (tertiary alicyclic amines) is 1. The summed E-state index contributed by atoms with van der Waals surface area (Å²) in [5.74, 6) is 0.0598. The molecule has 0 unspecified atom stereocenters. The summed E-state index contributed by atoms with van der Waals surface area (Å²) in [5, 5.41) is 3.68. The van der Waals surface area contributed by atoms with Crippen LogP contribution in [0.1, 0.15) is 30.3 Å². The van der Waals surface area contributed by atoms with Gasteiger partial charge in [0.05, 0.1) is 5.52 Å². The van der Waals surface area contributed by atoms with Crippen molar-refractivity contribution in [2.45, 2.75) is 24.9 Å². The number of imidazole rings is 1. The van der Waals surface area contributed by atoms with Gasteiger partial charge in [-0.25, -0.2) is 4.98 Å². The van der Waals surface area contributed by atoms with E-state index in [0.717, 1.165) is 10.7 Å². The molecule has 128 valence electrons. The Hall–Kier alpha value is -2.02. The first-order chi connectivity index (χ1) is 11.7. The molecule has 24 heavy (non-hydrogen) atoms. The number of aromatic nitrogens is 2. The van der Waals surface area contributed by atoms with Crippen LogP contribution >= 0.6 is 11.8 Å². The Kier molecular flexibility index (Phi) is 5.08. The number of nitrogens with zero attached hydrogens (tertiary/aromatic N) is 3. The molecular weight excluding hydrogens is 324 g/mol. The summed E-state index contributed by atoms with van der Waals surface area (Å²) < 4.78 is 1.94. The van der Waals surface area contributed by atoms with Crippen molar-refractivity contribution in [3.8, 4) is 0 Å². The maximum absolute atomic E-state index is 12.9. The normalized spacial score (nSPS) is 15.7. The van der Waals surface area contributed by atoms with Crippen LogP contribution in [-0.2, 0) is 4.79 Å². The lowest BCUT2D eigenvalue weighted by atomic mass is 9.95. The summed E-state index contributed by atoms with van der Waals surface area (Å²) in [5.41, 5.74) is 1.33. The van der Waals surface area contributed by atoms with Crippen LogP contribution in [0.25, 0.3) is 5.52 Å². The fourth-order valence-corrected chi connectivity index (χ4v) is 3.66. The summed E-state index contributed by atoms with van der Waals surface area (Å²) in [6, 6.07) is 5.76. The quantitative estimate of drug-likeness (QED) is 0.861. The summed E-state index contributed by atoms with van der Waals surface area (Å²) >= 11 is 1.52. The van der Waals surface area contributed by atoms with Gasteiger partial charge in [-0.05, 0) is 38.2 Å². The molecule has 3 rings (SSSR count). The Labute approximate surface area is 145 Å². The maximum atomic E-state index is 12.9. The largest absolute Gasteiger partial charge is 0.356 e. The predicted molar refractivity (Wildman–Crippen MR) is 94.3 cm³/mol. The lowest BCUT2D eigenvalue weighted by molar-refractivity contribution is -0.126. The van der Waals surface area contributed by atoms with Gasteiger partial charge in [-0.3, -0.25) is 14.0 Å². The number of rotatable bonds is 4. The molecule has 0 aliphatic carbocycles. The number of amides is 2. The van der Waals surface area contributed by atoms with Crippen LogP contribution in [0.3, 0.4) is 0 Å². The molecule has 3 heterocycles. The molecule has 0 bridgehead atoms. The van der Waals surface area contributed by atoms with Gasteiger partial charge in [0, 0.05) is 31.7 Å². The second kappa shape index (κ2) is 7.25. The molecule has 1 saturated heterocycles. The van der Waals surface area contributed by atoms with E-state index in [1.165, 1.54) is 11.8 Å². The van der Waals surface area contributed by atoms with Crippen LogP contribution in [0.5, 0.6) is 0 Å². The van der Waals surface area contributed by atoms with E-state index in [2.05, 4.69) is 10.3 Å². The highest BCUT2D eigenvalue weighted by Gasteiger charge is 2.29. The van der Waals surface area contributed by atoms with Gasteiger partial charge >= 0.3 is 0 Å². The van der Waals surface area contributed by atoms with Crippen molar-refractivity contribution < 1.29 is 9.59 Å². The first kappa shape index (κ1) is 16.8. The molecule has 2 aromatic rings. The average molecular weight is 346 g/mol. The van der Waals surface area contributed by atoms with Gasteiger partial charge < -0.3 is 10.2 Å². The third kappa shape index (κ3) is 3.13. The average Bonchev–Trinajstić information content (AvgIpc) is 3.00. The predicted octanol–water partition coefficient (Wildman–Crippen LogP) is 2.04. The molecule has 2 aromatic heterocycles. The number of carbonyl (C=O) groups is 2. The Balaban J connectivity index is 1.76. The minimum Gasteiger partial charge on any atom is -0.356 e. The smallest absolute Gasteiger partial charge is 0.274 e. The fourth-order valence-electron chi connectivity index (χ4n) is 3.12. The van der Waals surface area contributed by atoms with Gasteiger partial charge in [0.2, 0.25) is 5.91 Å². The number of pyridine rings is 1. The first-order valence-electron chi connectivity index (χ1n) is 8.23. The summed E-state index contributed by atoms with van der Waals surface area (Å²) in [6.07, 6.45) is 5.29. The van der Waals surface area contributed by atoms with Crippen LogP contribution in [0.4, 0.5) is 0 Å². The standard InChI is InChI=1S/C17H22N4O2S/c1-3-18-15(22)12-7-10-20(11-8-12)16(23)14-13-6-4-5-9-21(13)17(19-14)24-2/h4-6,9,12H,3,7-8,10-11H2,1-2H3,(H,18,22). The second-order valence-electron chi connectivity index (χ2n) is 5.86. The summed E-state index contributed by atoms with van der Waals surface area (Å²) in [7, 11) is 0. The molecule has 0 saturated carbocycles. The van der Waals surface area contributed by atoms with Gasteiger partial charge in [-0.1, -0.05) is 17.8 Å². The third-order valence-electron chi connectivity index (χ3n) is 4.41. The van der Waals surface area contributed by atoms with Crippen LogP contribution in [-0.4, -0.2) is 52.0 Å². The molecule has 6 nitrogen and oxygen atoms in total. The van der Waals surface area contributed by atoms with Gasteiger partial charge in [0.25, 0.3) is 5.91 Å². The zero-order chi connectivity index (χ0) is 17.1. The van der Waals surface area contributed by atoms with E-state index in [-0.39, 0.29) is 17.7 Å². The number of thioether (sulfide) groups is 1. The van der Waals surface area contributed by atoms with Gasteiger partial charge in [0.15, 0.2) is 10.9 Å². The van der Waals surface area contributed by atoms with Gasteiger partial charge in [-0.15, -0.1) is 0 Å². The number of piperidine rings is 1. The van der Waals surface area contributed by atoms with E-state index in [1.807, 2.05) is 46.9 Å². The fraction of sp³-hybridized carbons (Fsp3) is 0.471. The summed E-state index contributed by atoms with van der Waals surface area (Å²) in [6.45, 7) is 3.77. The number of hydrogen-bond donors (Lipinski definition) is 1. The molecule has 7 heteroatoms. The van der Waals surface area contributed by atoms with E-state index in [1.54, 1.807) is 0 Å². The molecule has 0 radical (unpaired) electrons. The molecule has 0 aromatic carbocycles. The highest BCUT2D eigenvalue weighted by Crippen LogP contribution is 2.24. The highest BCUT2D eigenvalue weighted by molar-refractivity contribution is 7.98. The number of fused-ring (bicyclic) bond motifs is 1. The molecular formula is C17H22N4O2S. The summed E-state index contributed by atoms with van der Waals surface area (Å²) in [4.78, 5) is 31.2. The molecule has 1 aliphatic heterocycles. The second-order valence-corrected chi connectivity index (χ2v) is 6.64. The monoisotopic (exact) mass is 346 g/mol. The Morgan fingerprint density at radius 2 is 2.08 bits per heavy atom. The maximum Gasteiger partial charge on any atom is 0.274 e. The number of hydrogen-bond acceptors (Lipinski definition) is 4. The first-order valence-corrected chi connectivity index (χ1v) is 9.46. The van der Waals surface area contributed by atoms with Crippen molar-refractivity contribution in [2.24, 2.45) is 5.92 Å². The Bertz CT molecular complexity index is 750. The minimum atomic E-state index is -0.0478. The molecule has 2 amide bonds. The van der Waals surface area contributed by atoms with Crippen LogP contribution in [0.2, 0.25) is 0 Å². The van der Waals surface area contributed by atoms with Crippen molar-refractivity contribution >= 4 is 29.1 Å². The van der Waals surface area contributed by atoms with Gasteiger partial charge in [-0.2, -0.15) is 0 Å². The van der Waals surface area contributed by atoms with Gasteiger partial charge in [0.1, 0.15) is 0 Å². The SMILES string of the molecule is CCNC(=O)C1CCN(C(=O)c2nc(SC)n3ccccc23)CC1.